The first kappa shape index (κ1) is 20.3. The number of rotatable bonds is 4. The fourth-order valence-electron chi connectivity index (χ4n) is 4.68. The van der Waals surface area contributed by atoms with Gasteiger partial charge >= 0.3 is 0 Å². The lowest BCUT2D eigenvalue weighted by molar-refractivity contribution is -0.121. The molecule has 2 aromatic rings. The van der Waals surface area contributed by atoms with Crippen LogP contribution < -0.4 is 10.1 Å². The van der Waals surface area contributed by atoms with E-state index in [1.54, 1.807) is 19.2 Å². The lowest BCUT2D eigenvalue weighted by Gasteiger charge is -2.34. The number of methoxy groups -OCH3 is 1. The molecule has 0 saturated heterocycles. The van der Waals surface area contributed by atoms with Crippen molar-refractivity contribution in [2.45, 2.75) is 52.1 Å². The lowest BCUT2D eigenvalue weighted by atomic mass is 9.84. The van der Waals surface area contributed by atoms with Crippen LogP contribution in [0.5, 0.6) is 11.5 Å². The molecule has 158 valence electrons. The van der Waals surface area contributed by atoms with Crippen LogP contribution in [0.15, 0.2) is 30.3 Å². The SMILES string of the molecule is COc1cc(NC(=O)C2CCC(N3Cc4c(C)cc(O)cc4C3=O)CC2)ccc1C. The number of aryl methyl sites for hydroxylation is 2. The van der Waals surface area contributed by atoms with E-state index in [4.69, 9.17) is 4.74 Å². The van der Waals surface area contributed by atoms with Crippen molar-refractivity contribution in [3.63, 3.8) is 0 Å². The fraction of sp³-hybridized carbons (Fsp3) is 0.417. The number of phenols is 1. The average Bonchev–Trinajstić information content (AvgIpc) is 3.06. The van der Waals surface area contributed by atoms with Crippen molar-refractivity contribution in [3.8, 4) is 11.5 Å². The van der Waals surface area contributed by atoms with E-state index in [2.05, 4.69) is 5.32 Å². The van der Waals surface area contributed by atoms with E-state index in [0.29, 0.717) is 12.1 Å². The number of phenolic OH excluding ortho intramolecular Hbond substituents is 1. The summed E-state index contributed by atoms with van der Waals surface area (Å²) in [6, 6.07) is 9.07. The second kappa shape index (κ2) is 8.01. The Morgan fingerprint density at radius 3 is 2.53 bits per heavy atom. The largest absolute Gasteiger partial charge is 0.508 e. The summed E-state index contributed by atoms with van der Waals surface area (Å²) in [4.78, 5) is 27.5. The topological polar surface area (TPSA) is 78.9 Å². The second-order valence-corrected chi connectivity index (χ2v) is 8.40. The Morgan fingerprint density at radius 2 is 1.83 bits per heavy atom. The summed E-state index contributed by atoms with van der Waals surface area (Å²) in [6.07, 6.45) is 3.12. The third kappa shape index (κ3) is 3.74. The molecular weight excluding hydrogens is 380 g/mol. The maximum atomic E-state index is 12.9. The minimum atomic E-state index is -0.0561. The van der Waals surface area contributed by atoms with E-state index < -0.39 is 0 Å². The van der Waals surface area contributed by atoms with Crippen molar-refractivity contribution in [2.24, 2.45) is 5.92 Å². The van der Waals surface area contributed by atoms with Gasteiger partial charge < -0.3 is 20.1 Å². The fourth-order valence-corrected chi connectivity index (χ4v) is 4.68. The highest BCUT2D eigenvalue weighted by atomic mass is 16.5. The molecule has 6 heteroatoms. The van der Waals surface area contributed by atoms with Crippen LogP contribution in [0.3, 0.4) is 0 Å². The molecule has 1 saturated carbocycles. The average molecular weight is 408 g/mol. The summed E-state index contributed by atoms with van der Waals surface area (Å²) in [5.41, 5.74) is 4.33. The molecule has 0 radical (unpaired) electrons. The van der Waals surface area contributed by atoms with Gasteiger partial charge in [-0.15, -0.1) is 0 Å². The first-order valence-electron chi connectivity index (χ1n) is 10.5. The van der Waals surface area contributed by atoms with Crippen LogP contribution in [0.4, 0.5) is 5.69 Å². The number of ether oxygens (including phenoxy) is 1. The summed E-state index contributed by atoms with van der Waals surface area (Å²) in [5.74, 6) is 0.846. The molecule has 30 heavy (non-hydrogen) atoms. The number of hydrogen-bond acceptors (Lipinski definition) is 4. The molecule has 4 rings (SSSR count). The van der Waals surface area contributed by atoms with Crippen molar-refractivity contribution in [1.29, 1.82) is 0 Å². The molecule has 0 spiro atoms. The summed E-state index contributed by atoms with van der Waals surface area (Å²) in [5, 5.41) is 12.8. The van der Waals surface area contributed by atoms with Crippen LogP contribution in [-0.2, 0) is 11.3 Å². The minimum Gasteiger partial charge on any atom is -0.508 e. The zero-order chi connectivity index (χ0) is 21.4. The van der Waals surface area contributed by atoms with Crippen molar-refractivity contribution in [2.75, 3.05) is 12.4 Å². The van der Waals surface area contributed by atoms with E-state index in [9.17, 15) is 14.7 Å². The number of nitrogens with zero attached hydrogens (tertiary/aromatic N) is 1. The minimum absolute atomic E-state index is 0.0105. The maximum absolute atomic E-state index is 12.9. The van der Waals surface area contributed by atoms with E-state index >= 15 is 0 Å². The molecule has 0 unspecified atom stereocenters. The number of benzene rings is 2. The molecule has 6 nitrogen and oxygen atoms in total. The van der Waals surface area contributed by atoms with Gasteiger partial charge in [0.25, 0.3) is 5.91 Å². The molecule has 2 aliphatic rings. The molecule has 1 fully saturated rings. The van der Waals surface area contributed by atoms with E-state index in [0.717, 1.165) is 53.8 Å². The predicted molar refractivity (Wildman–Crippen MR) is 115 cm³/mol. The first-order valence-corrected chi connectivity index (χ1v) is 10.5. The maximum Gasteiger partial charge on any atom is 0.254 e. The van der Waals surface area contributed by atoms with Crippen molar-refractivity contribution >= 4 is 17.5 Å². The Kier molecular flexibility index (Phi) is 5.41. The molecule has 0 atom stereocenters. The zero-order valence-corrected chi connectivity index (χ0v) is 17.7. The first-order chi connectivity index (χ1) is 14.4. The third-order valence-electron chi connectivity index (χ3n) is 6.46. The highest BCUT2D eigenvalue weighted by Crippen LogP contribution is 2.36. The molecule has 1 aliphatic heterocycles. The van der Waals surface area contributed by atoms with E-state index in [1.165, 1.54) is 0 Å². The van der Waals surface area contributed by atoms with Gasteiger partial charge in [0.15, 0.2) is 0 Å². The number of hydrogen-bond donors (Lipinski definition) is 2. The van der Waals surface area contributed by atoms with Crippen LogP contribution in [0.25, 0.3) is 0 Å². The molecule has 1 heterocycles. The number of nitrogens with one attached hydrogen (secondary N) is 1. The van der Waals surface area contributed by atoms with Gasteiger partial charge in [0.05, 0.1) is 7.11 Å². The van der Waals surface area contributed by atoms with Crippen LogP contribution in [0.2, 0.25) is 0 Å². The molecule has 2 aromatic carbocycles. The summed E-state index contributed by atoms with van der Waals surface area (Å²) in [7, 11) is 1.62. The Morgan fingerprint density at radius 1 is 1.10 bits per heavy atom. The highest BCUT2D eigenvalue weighted by Gasteiger charge is 2.37. The summed E-state index contributed by atoms with van der Waals surface area (Å²) in [6.45, 7) is 4.48. The van der Waals surface area contributed by atoms with Gasteiger partial charge in [0.2, 0.25) is 5.91 Å². The number of fused-ring (bicyclic) bond motifs is 1. The number of carbonyl (C=O) groups is 2. The Labute approximate surface area is 176 Å². The van der Waals surface area contributed by atoms with Gasteiger partial charge in [-0.2, -0.15) is 0 Å². The van der Waals surface area contributed by atoms with Crippen molar-refractivity contribution in [3.05, 3.63) is 52.6 Å². The van der Waals surface area contributed by atoms with Crippen LogP contribution >= 0.6 is 0 Å². The Balaban J connectivity index is 1.37. The van der Waals surface area contributed by atoms with Crippen molar-refractivity contribution in [1.82, 2.24) is 4.90 Å². The second-order valence-electron chi connectivity index (χ2n) is 8.40. The summed E-state index contributed by atoms with van der Waals surface area (Å²) >= 11 is 0. The Bertz CT molecular complexity index is 993. The van der Waals surface area contributed by atoms with Gasteiger partial charge in [0.1, 0.15) is 11.5 Å². The van der Waals surface area contributed by atoms with Crippen LogP contribution in [-0.4, -0.2) is 35.0 Å². The van der Waals surface area contributed by atoms with Crippen molar-refractivity contribution < 1.29 is 19.4 Å². The Hall–Kier alpha value is -3.02. The molecular formula is C24H28N2O4. The highest BCUT2D eigenvalue weighted by molar-refractivity contribution is 5.99. The monoisotopic (exact) mass is 408 g/mol. The molecule has 1 aliphatic carbocycles. The van der Waals surface area contributed by atoms with Crippen LogP contribution in [0, 0.1) is 19.8 Å². The van der Waals surface area contributed by atoms with Gasteiger partial charge in [-0.25, -0.2) is 0 Å². The normalized spacial score (nSPS) is 20.8. The van der Waals surface area contributed by atoms with Gasteiger partial charge in [-0.1, -0.05) is 6.07 Å². The third-order valence-corrected chi connectivity index (χ3v) is 6.46. The molecule has 0 bridgehead atoms. The van der Waals surface area contributed by atoms with Gasteiger partial charge in [0, 0.05) is 35.8 Å². The summed E-state index contributed by atoms with van der Waals surface area (Å²) < 4.78 is 5.33. The number of anilines is 1. The number of amides is 2. The predicted octanol–water partition coefficient (Wildman–Crippen LogP) is 4.17. The van der Waals surface area contributed by atoms with Crippen LogP contribution in [0.1, 0.15) is 52.7 Å². The van der Waals surface area contributed by atoms with E-state index in [-0.39, 0.29) is 29.5 Å². The standard InChI is InChI=1S/C24H28N2O4/c1-14-4-7-17(11-22(14)30-3)25-23(28)16-5-8-18(9-6-16)26-13-21-15(2)10-19(27)12-20(21)24(26)29/h4,7,10-12,16,18,27H,5-6,8-9,13H2,1-3H3,(H,25,28). The van der Waals surface area contributed by atoms with Gasteiger partial charge in [-0.05, 0) is 74.4 Å². The molecule has 2 amide bonds. The molecule has 0 aromatic heterocycles. The number of aromatic hydroxyl groups is 1. The van der Waals surface area contributed by atoms with Gasteiger partial charge in [-0.3, -0.25) is 9.59 Å². The quantitative estimate of drug-likeness (QED) is 0.796. The lowest BCUT2D eigenvalue weighted by Crippen LogP contribution is -2.40. The number of carbonyl (C=O) groups excluding carboxylic acids is 2. The van der Waals surface area contributed by atoms with E-state index in [1.807, 2.05) is 36.9 Å². The zero-order valence-electron chi connectivity index (χ0n) is 17.7. The molecule has 2 N–H and O–H groups in total. The smallest absolute Gasteiger partial charge is 0.254 e.